The molecule has 3 rings (SSSR count). The molecule has 1 aromatic carbocycles. The fourth-order valence-corrected chi connectivity index (χ4v) is 4.01. The Kier molecular flexibility index (Phi) is 6.50. The number of ether oxygens (including phenoxy) is 1. The first-order chi connectivity index (χ1) is 12.6. The van der Waals surface area contributed by atoms with Gasteiger partial charge in [0.25, 0.3) is 0 Å². The summed E-state index contributed by atoms with van der Waals surface area (Å²) in [5.74, 6) is -0.631. The van der Waals surface area contributed by atoms with E-state index in [0.29, 0.717) is 19.7 Å². The van der Waals surface area contributed by atoms with Crippen LogP contribution in [0.25, 0.3) is 0 Å². The molecule has 2 fully saturated rings. The molecule has 1 N–H and O–H groups in total. The van der Waals surface area contributed by atoms with Crippen molar-refractivity contribution in [3.63, 3.8) is 0 Å². The van der Waals surface area contributed by atoms with E-state index in [9.17, 15) is 14.7 Å². The van der Waals surface area contributed by atoms with Crippen molar-refractivity contribution >= 4 is 12.1 Å². The average Bonchev–Trinajstić information content (AvgIpc) is 2.68. The van der Waals surface area contributed by atoms with E-state index in [1.165, 1.54) is 0 Å². The van der Waals surface area contributed by atoms with Gasteiger partial charge in [0, 0.05) is 32.7 Å². The molecule has 1 saturated carbocycles. The van der Waals surface area contributed by atoms with Gasteiger partial charge in [0.05, 0.1) is 5.92 Å². The lowest BCUT2D eigenvalue weighted by molar-refractivity contribution is -0.145. The summed E-state index contributed by atoms with van der Waals surface area (Å²) in [5.41, 5.74) is 0.983. The summed E-state index contributed by atoms with van der Waals surface area (Å²) in [7, 11) is 0. The first-order valence-electron chi connectivity index (χ1n) is 9.54. The quantitative estimate of drug-likeness (QED) is 0.874. The van der Waals surface area contributed by atoms with Crippen LogP contribution >= 0.6 is 0 Å². The summed E-state index contributed by atoms with van der Waals surface area (Å²) < 4.78 is 5.39. The van der Waals surface area contributed by atoms with Crippen LogP contribution < -0.4 is 0 Å². The zero-order valence-electron chi connectivity index (χ0n) is 15.2. The highest BCUT2D eigenvalue weighted by Crippen LogP contribution is 2.31. The van der Waals surface area contributed by atoms with Crippen LogP contribution in [-0.4, -0.2) is 59.7 Å². The number of carboxylic acid groups (broad SMARTS) is 1. The second-order valence-electron chi connectivity index (χ2n) is 7.32. The van der Waals surface area contributed by atoms with E-state index in [0.717, 1.165) is 50.9 Å². The predicted molar refractivity (Wildman–Crippen MR) is 97.7 cm³/mol. The molecule has 142 valence electrons. The van der Waals surface area contributed by atoms with Gasteiger partial charge in [-0.2, -0.15) is 0 Å². The van der Waals surface area contributed by atoms with Crippen LogP contribution in [0.5, 0.6) is 0 Å². The number of hydrogen-bond donors (Lipinski definition) is 1. The molecule has 1 amide bonds. The number of nitrogens with zero attached hydrogens (tertiary/aromatic N) is 2. The van der Waals surface area contributed by atoms with Crippen molar-refractivity contribution in [2.75, 3.05) is 32.7 Å². The average molecular weight is 360 g/mol. The number of piperazine rings is 1. The zero-order valence-corrected chi connectivity index (χ0v) is 15.2. The van der Waals surface area contributed by atoms with E-state index in [2.05, 4.69) is 4.90 Å². The van der Waals surface area contributed by atoms with Crippen molar-refractivity contribution in [1.29, 1.82) is 0 Å². The summed E-state index contributed by atoms with van der Waals surface area (Å²) in [5, 5.41) is 9.42. The number of carbonyl (C=O) groups is 2. The monoisotopic (exact) mass is 360 g/mol. The lowest BCUT2D eigenvalue weighted by Gasteiger charge is -2.38. The van der Waals surface area contributed by atoms with Gasteiger partial charge in [-0.3, -0.25) is 9.69 Å². The Hall–Kier alpha value is -2.08. The molecule has 1 aromatic rings. The molecule has 1 aliphatic heterocycles. The van der Waals surface area contributed by atoms with Crippen LogP contribution in [0.15, 0.2) is 30.3 Å². The predicted octanol–water partition coefficient (Wildman–Crippen LogP) is 2.83. The normalized spacial score (nSPS) is 24.2. The van der Waals surface area contributed by atoms with Gasteiger partial charge in [-0.05, 0) is 24.3 Å². The number of benzene rings is 1. The van der Waals surface area contributed by atoms with Crippen molar-refractivity contribution < 1.29 is 19.4 Å². The first kappa shape index (κ1) is 18.7. The van der Waals surface area contributed by atoms with Crippen molar-refractivity contribution in [3.05, 3.63) is 35.9 Å². The molecule has 0 spiro atoms. The second-order valence-corrected chi connectivity index (χ2v) is 7.32. The molecule has 0 aromatic heterocycles. The van der Waals surface area contributed by atoms with E-state index >= 15 is 0 Å². The smallest absolute Gasteiger partial charge is 0.410 e. The third-order valence-corrected chi connectivity index (χ3v) is 5.55. The number of aliphatic carboxylic acids is 1. The molecule has 2 aliphatic rings. The molecule has 0 radical (unpaired) electrons. The highest BCUT2D eigenvalue weighted by Gasteiger charge is 2.33. The Bertz CT molecular complexity index is 599. The second kappa shape index (κ2) is 9.03. The minimum absolute atomic E-state index is 0.211. The molecule has 6 heteroatoms. The largest absolute Gasteiger partial charge is 0.481 e. The van der Waals surface area contributed by atoms with Crippen molar-refractivity contribution in [1.82, 2.24) is 9.80 Å². The molecule has 6 nitrogen and oxygen atoms in total. The van der Waals surface area contributed by atoms with Crippen molar-refractivity contribution in [2.45, 2.75) is 32.3 Å². The van der Waals surface area contributed by atoms with E-state index in [-0.39, 0.29) is 17.9 Å². The van der Waals surface area contributed by atoms with Gasteiger partial charge in [0.1, 0.15) is 6.61 Å². The lowest BCUT2D eigenvalue weighted by atomic mass is 9.79. The zero-order chi connectivity index (χ0) is 18.4. The molecule has 1 saturated heterocycles. The van der Waals surface area contributed by atoms with E-state index in [1.54, 1.807) is 4.90 Å². The highest BCUT2D eigenvalue weighted by atomic mass is 16.6. The van der Waals surface area contributed by atoms with Gasteiger partial charge in [0.15, 0.2) is 0 Å². The van der Waals surface area contributed by atoms with Crippen LogP contribution in [0.2, 0.25) is 0 Å². The maximum Gasteiger partial charge on any atom is 0.410 e. The van der Waals surface area contributed by atoms with E-state index < -0.39 is 5.97 Å². The van der Waals surface area contributed by atoms with Gasteiger partial charge < -0.3 is 14.7 Å². The maximum absolute atomic E-state index is 12.2. The van der Waals surface area contributed by atoms with Gasteiger partial charge in [-0.15, -0.1) is 0 Å². The Morgan fingerprint density at radius 1 is 1.04 bits per heavy atom. The van der Waals surface area contributed by atoms with Crippen LogP contribution in [0.4, 0.5) is 4.79 Å². The number of rotatable bonds is 5. The van der Waals surface area contributed by atoms with Gasteiger partial charge in [-0.1, -0.05) is 43.2 Å². The Labute approximate surface area is 154 Å². The third-order valence-electron chi connectivity index (χ3n) is 5.55. The van der Waals surface area contributed by atoms with Gasteiger partial charge in [0.2, 0.25) is 0 Å². The Morgan fingerprint density at radius 2 is 1.73 bits per heavy atom. The van der Waals surface area contributed by atoms with E-state index in [4.69, 9.17) is 4.74 Å². The standard InChI is InChI=1S/C20H28N2O4/c23-19(24)18-9-5-4-8-17(18)14-21-10-12-22(13-11-21)20(25)26-15-16-6-2-1-3-7-16/h1-3,6-7,17-18H,4-5,8-15H2,(H,23,24)/t17-,18+/m0/s1. The van der Waals surface area contributed by atoms with Crippen molar-refractivity contribution in [3.8, 4) is 0 Å². The molecular formula is C20H28N2O4. The number of amides is 1. The Balaban J connectivity index is 1.42. The van der Waals surface area contributed by atoms with E-state index in [1.807, 2.05) is 30.3 Å². The minimum Gasteiger partial charge on any atom is -0.481 e. The summed E-state index contributed by atoms with van der Waals surface area (Å²) in [4.78, 5) is 27.7. The van der Waals surface area contributed by atoms with Crippen LogP contribution in [-0.2, 0) is 16.1 Å². The molecule has 1 aliphatic carbocycles. The topological polar surface area (TPSA) is 70.1 Å². The molecular weight excluding hydrogens is 332 g/mol. The lowest BCUT2D eigenvalue weighted by Crippen LogP contribution is -2.50. The number of carboxylic acids is 1. The van der Waals surface area contributed by atoms with Gasteiger partial charge in [-0.25, -0.2) is 4.79 Å². The highest BCUT2D eigenvalue weighted by molar-refractivity contribution is 5.70. The molecule has 0 unspecified atom stereocenters. The first-order valence-corrected chi connectivity index (χ1v) is 9.54. The number of carbonyl (C=O) groups excluding carboxylic acids is 1. The molecule has 1 heterocycles. The summed E-state index contributed by atoms with van der Waals surface area (Å²) in [6, 6.07) is 9.67. The molecule has 26 heavy (non-hydrogen) atoms. The van der Waals surface area contributed by atoms with Crippen LogP contribution in [0, 0.1) is 11.8 Å². The van der Waals surface area contributed by atoms with Crippen LogP contribution in [0.1, 0.15) is 31.2 Å². The molecule has 0 bridgehead atoms. The summed E-state index contributed by atoms with van der Waals surface area (Å²) in [6.07, 6.45) is 3.67. The third kappa shape index (κ3) is 4.97. The summed E-state index contributed by atoms with van der Waals surface area (Å²) >= 11 is 0. The fraction of sp³-hybridized carbons (Fsp3) is 0.600. The molecule has 2 atom stereocenters. The minimum atomic E-state index is -0.655. The van der Waals surface area contributed by atoms with Crippen LogP contribution in [0.3, 0.4) is 0 Å². The Morgan fingerprint density at radius 3 is 2.42 bits per heavy atom. The summed E-state index contributed by atoms with van der Waals surface area (Å²) in [6.45, 7) is 3.95. The van der Waals surface area contributed by atoms with Gasteiger partial charge >= 0.3 is 12.1 Å². The SMILES string of the molecule is O=C(O)[C@@H]1CCCC[C@H]1CN1CCN(C(=O)OCc2ccccc2)CC1. The van der Waals surface area contributed by atoms with Crippen molar-refractivity contribution in [2.24, 2.45) is 11.8 Å². The maximum atomic E-state index is 12.2. The fourth-order valence-electron chi connectivity index (χ4n) is 4.01. The number of hydrogen-bond acceptors (Lipinski definition) is 4.